The molecule has 0 spiro atoms. The number of carbonyl (C=O) groups excluding carboxylic acids is 1. The molecule has 1 rings (SSSR count). The standard InChI is InChI=1S/C9H8BrNO4/c1-15-9(14)11-7-3-2-5(10)4-6(7)8(12)13/h2-4H,1H3,(H,11,14)(H,12,13). The molecule has 0 bridgehead atoms. The highest BCUT2D eigenvalue weighted by Gasteiger charge is 2.12. The Balaban J connectivity index is 3.06. The van der Waals surface area contributed by atoms with Gasteiger partial charge < -0.3 is 9.84 Å². The number of carboxylic acids is 1. The molecule has 0 fully saturated rings. The number of amides is 1. The van der Waals surface area contributed by atoms with Crippen molar-refractivity contribution >= 4 is 33.7 Å². The fraction of sp³-hybridized carbons (Fsp3) is 0.111. The Morgan fingerprint density at radius 1 is 1.47 bits per heavy atom. The Morgan fingerprint density at radius 2 is 2.13 bits per heavy atom. The third-order valence-electron chi connectivity index (χ3n) is 1.63. The van der Waals surface area contributed by atoms with Crippen LogP contribution >= 0.6 is 15.9 Å². The Bertz CT molecular complexity index is 405. The number of carboxylic acid groups (broad SMARTS) is 1. The van der Waals surface area contributed by atoms with E-state index in [1.165, 1.54) is 19.2 Å². The molecule has 0 atom stereocenters. The van der Waals surface area contributed by atoms with Crippen LogP contribution in [0.2, 0.25) is 0 Å². The van der Waals surface area contributed by atoms with Crippen LogP contribution in [-0.4, -0.2) is 24.3 Å². The van der Waals surface area contributed by atoms with Gasteiger partial charge in [-0.15, -0.1) is 0 Å². The average molecular weight is 274 g/mol. The zero-order valence-electron chi connectivity index (χ0n) is 7.78. The first kappa shape index (κ1) is 11.5. The maximum atomic E-state index is 10.9. The van der Waals surface area contributed by atoms with Gasteiger partial charge in [0.15, 0.2) is 0 Å². The third-order valence-corrected chi connectivity index (χ3v) is 2.13. The molecule has 1 amide bonds. The Labute approximate surface area is 94.2 Å². The summed E-state index contributed by atoms with van der Waals surface area (Å²) in [5.41, 5.74) is 0.187. The first-order valence-electron chi connectivity index (χ1n) is 3.92. The second kappa shape index (κ2) is 4.79. The van der Waals surface area contributed by atoms with E-state index in [1.807, 2.05) is 0 Å². The smallest absolute Gasteiger partial charge is 0.411 e. The zero-order chi connectivity index (χ0) is 11.4. The predicted molar refractivity (Wildman–Crippen MR) is 57.1 cm³/mol. The molecule has 0 aliphatic rings. The van der Waals surface area contributed by atoms with Crippen LogP contribution in [0.1, 0.15) is 10.4 Å². The van der Waals surface area contributed by atoms with Gasteiger partial charge in [0.05, 0.1) is 18.4 Å². The van der Waals surface area contributed by atoms with Crippen molar-refractivity contribution in [1.29, 1.82) is 0 Å². The summed E-state index contributed by atoms with van der Waals surface area (Å²) in [7, 11) is 1.20. The van der Waals surface area contributed by atoms with Gasteiger partial charge in [-0.3, -0.25) is 5.32 Å². The fourth-order valence-electron chi connectivity index (χ4n) is 0.963. The first-order valence-corrected chi connectivity index (χ1v) is 4.71. The van der Waals surface area contributed by atoms with Gasteiger partial charge in [-0.1, -0.05) is 15.9 Å². The van der Waals surface area contributed by atoms with Crippen molar-refractivity contribution in [2.45, 2.75) is 0 Å². The van der Waals surface area contributed by atoms with E-state index < -0.39 is 12.1 Å². The molecule has 2 N–H and O–H groups in total. The van der Waals surface area contributed by atoms with Crippen LogP contribution < -0.4 is 5.32 Å². The van der Waals surface area contributed by atoms with E-state index in [1.54, 1.807) is 6.07 Å². The molecule has 0 saturated carbocycles. The van der Waals surface area contributed by atoms with Gasteiger partial charge in [0.2, 0.25) is 0 Å². The van der Waals surface area contributed by atoms with Gasteiger partial charge in [-0.05, 0) is 18.2 Å². The van der Waals surface area contributed by atoms with Gasteiger partial charge in [0.1, 0.15) is 0 Å². The number of hydrogen-bond acceptors (Lipinski definition) is 3. The monoisotopic (exact) mass is 273 g/mol. The van der Waals surface area contributed by atoms with Crippen molar-refractivity contribution in [3.8, 4) is 0 Å². The van der Waals surface area contributed by atoms with Crippen LogP contribution in [0.25, 0.3) is 0 Å². The van der Waals surface area contributed by atoms with Crippen molar-refractivity contribution < 1.29 is 19.4 Å². The fourth-order valence-corrected chi connectivity index (χ4v) is 1.32. The molecule has 1 aromatic carbocycles. The lowest BCUT2D eigenvalue weighted by molar-refractivity contribution is 0.0698. The zero-order valence-corrected chi connectivity index (χ0v) is 9.37. The summed E-state index contributed by atoms with van der Waals surface area (Å²) in [4.78, 5) is 21.7. The molecule has 15 heavy (non-hydrogen) atoms. The van der Waals surface area contributed by atoms with Gasteiger partial charge >= 0.3 is 12.1 Å². The minimum Gasteiger partial charge on any atom is -0.478 e. The first-order chi connectivity index (χ1) is 7.04. The minimum absolute atomic E-state index is 0.00484. The number of benzene rings is 1. The molecule has 0 aliphatic heterocycles. The summed E-state index contributed by atoms with van der Waals surface area (Å²) in [6.07, 6.45) is -0.708. The Kier molecular flexibility index (Phi) is 3.68. The van der Waals surface area contributed by atoms with E-state index in [4.69, 9.17) is 5.11 Å². The van der Waals surface area contributed by atoms with Crippen molar-refractivity contribution in [3.05, 3.63) is 28.2 Å². The normalized spacial score (nSPS) is 9.47. The molecule has 6 heteroatoms. The van der Waals surface area contributed by atoms with E-state index in [0.717, 1.165) is 0 Å². The number of ether oxygens (including phenoxy) is 1. The second-order valence-electron chi connectivity index (χ2n) is 2.61. The largest absolute Gasteiger partial charge is 0.478 e. The van der Waals surface area contributed by atoms with Crippen molar-refractivity contribution in [2.24, 2.45) is 0 Å². The molecule has 0 aliphatic carbocycles. The Hall–Kier alpha value is -1.56. The number of rotatable bonds is 2. The van der Waals surface area contributed by atoms with Gasteiger partial charge in [-0.2, -0.15) is 0 Å². The van der Waals surface area contributed by atoms with Crippen LogP contribution in [0.5, 0.6) is 0 Å². The molecule has 5 nitrogen and oxygen atoms in total. The summed E-state index contributed by atoms with van der Waals surface area (Å²) in [6.45, 7) is 0. The Morgan fingerprint density at radius 3 is 2.67 bits per heavy atom. The SMILES string of the molecule is COC(=O)Nc1ccc(Br)cc1C(=O)O. The lowest BCUT2D eigenvalue weighted by Gasteiger charge is -2.07. The number of anilines is 1. The summed E-state index contributed by atoms with van der Waals surface area (Å²) < 4.78 is 4.99. The molecular formula is C9H8BrNO4. The van der Waals surface area contributed by atoms with E-state index in [9.17, 15) is 9.59 Å². The summed E-state index contributed by atoms with van der Waals surface area (Å²) >= 11 is 3.14. The van der Waals surface area contributed by atoms with Crippen molar-refractivity contribution in [1.82, 2.24) is 0 Å². The van der Waals surface area contributed by atoms with Crippen LogP contribution in [0.3, 0.4) is 0 Å². The van der Waals surface area contributed by atoms with Crippen LogP contribution in [0.15, 0.2) is 22.7 Å². The maximum Gasteiger partial charge on any atom is 0.411 e. The van der Waals surface area contributed by atoms with Gasteiger partial charge in [-0.25, -0.2) is 9.59 Å². The van der Waals surface area contributed by atoms with Gasteiger partial charge in [0, 0.05) is 4.47 Å². The van der Waals surface area contributed by atoms with Crippen LogP contribution in [0, 0.1) is 0 Å². The average Bonchev–Trinajstić information content (AvgIpc) is 2.20. The molecule has 0 unspecified atom stereocenters. The maximum absolute atomic E-state index is 10.9. The molecular weight excluding hydrogens is 266 g/mol. The second-order valence-corrected chi connectivity index (χ2v) is 3.53. The minimum atomic E-state index is -1.12. The van der Waals surface area contributed by atoms with Crippen molar-refractivity contribution in [2.75, 3.05) is 12.4 Å². The summed E-state index contributed by atoms with van der Waals surface area (Å²) in [5.74, 6) is -1.12. The number of nitrogens with one attached hydrogen (secondary N) is 1. The van der Waals surface area contributed by atoms with Crippen molar-refractivity contribution in [3.63, 3.8) is 0 Å². The molecule has 1 aromatic rings. The van der Waals surface area contributed by atoms with Crippen LogP contribution in [-0.2, 0) is 4.74 Å². The molecule has 0 aromatic heterocycles. The predicted octanol–water partition coefficient (Wildman–Crippen LogP) is 2.33. The van der Waals surface area contributed by atoms with Gasteiger partial charge in [0.25, 0.3) is 0 Å². The number of hydrogen-bond donors (Lipinski definition) is 2. The topological polar surface area (TPSA) is 75.6 Å². The molecule has 0 radical (unpaired) electrons. The lowest BCUT2D eigenvalue weighted by Crippen LogP contribution is -2.14. The quantitative estimate of drug-likeness (QED) is 0.867. The molecule has 0 saturated heterocycles. The third kappa shape index (κ3) is 2.95. The summed E-state index contributed by atoms with van der Waals surface area (Å²) in [6, 6.07) is 4.50. The highest BCUT2D eigenvalue weighted by Crippen LogP contribution is 2.21. The van der Waals surface area contributed by atoms with E-state index >= 15 is 0 Å². The highest BCUT2D eigenvalue weighted by atomic mass is 79.9. The number of halogens is 1. The van der Waals surface area contributed by atoms with E-state index in [-0.39, 0.29) is 11.3 Å². The molecule has 0 heterocycles. The number of carbonyl (C=O) groups is 2. The number of aromatic carboxylic acids is 1. The van der Waals surface area contributed by atoms with Crippen LogP contribution in [0.4, 0.5) is 10.5 Å². The summed E-state index contributed by atoms with van der Waals surface area (Å²) in [5, 5.41) is 11.2. The number of methoxy groups -OCH3 is 1. The molecule has 80 valence electrons. The van der Waals surface area contributed by atoms with E-state index in [0.29, 0.717) is 4.47 Å². The lowest BCUT2D eigenvalue weighted by atomic mass is 10.2. The highest BCUT2D eigenvalue weighted by molar-refractivity contribution is 9.10. The van der Waals surface area contributed by atoms with E-state index in [2.05, 4.69) is 26.0 Å².